The first kappa shape index (κ1) is 15.1. The molecule has 116 valence electrons. The SMILES string of the molecule is COc1ccc(CNc2ccc(Cc3cccnc3)cc2)cc1. The van der Waals surface area contributed by atoms with E-state index in [0.29, 0.717) is 0 Å². The molecule has 3 nitrogen and oxygen atoms in total. The summed E-state index contributed by atoms with van der Waals surface area (Å²) in [5, 5.41) is 3.44. The van der Waals surface area contributed by atoms with Gasteiger partial charge < -0.3 is 10.1 Å². The molecule has 0 fully saturated rings. The third-order valence-corrected chi connectivity index (χ3v) is 3.74. The van der Waals surface area contributed by atoms with Crippen molar-refractivity contribution in [3.8, 4) is 5.75 Å². The summed E-state index contributed by atoms with van der Waals surface area (Å²) in [6, 6.07) is 20.7. The van der Waals surface area contributed by atoms with Crippen LogP contribution in [0.3, 0.4) is 0 Å². The third-order valence-electron chi connectivity index (χ3n) is 3.74. The maximum Gasteiger partial charge on any atom is 0.118 e. The number of nitrogens with zero attached hydrogens (tertiary/aromatic N) is 1. The van der Waals surface area contributed by atoms with E-state index in [-0.39, 0.29) is 0 Å². The molecule has 0 saturated heterocycles. The molecular weight excluding hydrogens is 284 g/mol. The van der Waals surface area contributed by atoms with Crippen LogP contribution in [0, 0.1) is 0 Å². The van der Waals surface area contributed by atoms with Crippen molar-refractivity contribution in [1.82, 2.24) is 4.98 Å². The van der Waals surface area contributed by atoms with Crippen molar-refractivity contribution in [3.63, 3.8) is 0 Å². The first-order chi connectivity index (χ1) is 11.3. The lowest BCUT2D eigenvalue weighted by Crippen LogP contribution is -1.99. The van der Waals surface area contributed by atoms with Crippen LogP contribution in [-0.4, -0.2) is 12.1 Å². The van der Waals surface area contributed by atoms with Gasteiger partial charge in [0.15, 0.2) is 0 Å². The number of ether oxygens (including phenoxy) is 1. The highest BCUT2D eigenvalue weighted by atomic mass is 16.5. The lowest BCUT2D eigenvalue weighted by Gasteiger charge is -2.08. The molecule has 0 aliphatic rings. The topological polar surface area (TPSA) is 34.1 Å². The van der Waals surface area contributed by atoms with Gasteiger partial charge in [-0.2, -0.15) is 0 Å². The molecule has 1 heterocycles. The van der Waals surface area contributed by atoms with Crippen molar-refractivity contribution in [2.75, 3.05) is 12.4 Å². The Morgan fingerprint density at radius 2 is 1.61 bits per heavy atom. The van der Waals surface area contributed by atoms with Gasteiger partial charge in [0.05, 0.1) is 7.11 Å². The zero-order valence-electron chi connectivity index (χ0n) is 13.2. The van der Waals surface area contributed by atoms with E-state index in [1.54, 1.807) is 13.3 Å². The van der Waals surface area contributed by atoms with Crippen LogP contribution in [0.25, 0.3) is 0 Å². The maximum absolute atomic E-state index is 5.17. The second kappa shape index (κ2) is 7.45. The highest BCUT2D eigenvalue weighted by Crippen LogP contribution is 2.15. The van der Waals surface area contributed by atoms with E-state index in [2.05, 4.69) is 52.8 Å². The highest BCUT2D eigenvalue weighted by molar-refractivity contribution is 5.46. The van der Waals surface area contributed by atoms with Gasteiger partial charge >= 0.3 is 0 Å². The lowest BCUT2D eigenvalue weighted by molar-refractivity contribution is 0.414. The number of aromatic nitrogens is 1. The van der Waals surface area contributed by atoms with E-state index in [1.807, 2.05) is 24.4 Å². The zero-order valence-corrected chi connectivity index (χ0v) is 13.2. The Morgan fingerprint density at radius 1 is 0.870 bits per heavy atom. The molecule has 3 aromatic rings. The molecule has 3 heteroatoms. The van der Waals surface area contributed by atoms with Crippen LogP contribution in [0.5, 0.6) is 5.75 Å². The summed E-state index contributed by atoms with van der Waals surface area (Å²) >= 11 is 0. The second-order valence-corrected chi connectivity index (χ2v) is 5.44. The molecule has 0 bridgehead atoms. The number of hydrogen-bond acceptors (Lipinski definition) is 3. The van der Waals surface area contributed by atoms with Crippen LogP contribution in [0.2, 0.25) is 0 Å². The quantitative estimate of drug-likeness (QED) is 0.737. The molecule has 0 unspecified atom stereocenters. The molecule has 23 heavy (non-hydrogen) atoms. The Labute approximate surface area is 137 Å². The van der Waals surface area contributed by atoms with Gasteiger partial charge in [0.25, 0.3) is 0 Å². The molecule has 0 saturated carbocycles. The average Bonchev–Trinajstić information content (AvgIpc) is 2.62. The highest BCUT2D eigenvalue weighted by Gasteiger charge is 1.98. The molecule has 0 amide bonds. The van der Waals surface area contributed by atoms with Gasteiger partial charge in [-0.3, -0.25) is 4.98 Å². The van der Waals surface area contributed by atoms with Crippen LogP contribution in [0.15, 0.2) is 73.1 Å². The van der Waals surface area contributed by atoms with Gasteiger partial charge in [0.1, 0.15) is 5.75 Å². The Morgan fingerprint density at radius 3 is 2.26 bits per heavy atom. The monoisotopic (exact) mass is 304 g/mol. The van der Waals surface area contributed by atoms with Crippen molar-refractivity contribution in [3.05, 3.63) is 89.7 Å². The predicted octanol–water partition coefficient (Wildman–Crippen LogP) is 4.29. The fraction of sp³-hybridized carbons (Fsp3) is 0.150. The molecule has 3 rings (SSSR count). The first-order valence-corrected chi connectivity index (χ1v) is 7.68. The molecule has 0 aliphatic heterocycles. The van der Waals surface area contributed by atoms with Gasteiger partial charge in [0, 0.05) is 24.6 Å². The summed E-state index contributed by atoms with van der Waals surface area (Å²) in [7, 11) is 1.68. The minimum atomic E-state index is 0.798. The number of benzene rings is 2. The standard InChI is InChI=1S/C20H20N2O/c1-23-20-10-6-17(7-11-20)15-22-19-8-4-16(5-9-19)13-18-3-2-12-21-14-18/h2-12,14,22H,13,15H2,1H3. The van der Waals surface area contributed by atoms with Crippen molar-refractivity contribution in [2.45, 2.75) is 13.0 Å². The number of hydrogen-bond donors (Lipinski definition) is 1. The van der Waals surface area contributed by atoms with E-state index in [0.717, 1.165) is 24.4 Å². The number of nitrogens with one attached hydrogen (secondary N) is 1. The smallest absolute Gasteiger partial charge is 0.118 e. The largest absolute Gasteiger partial charge is 0.497 e. The molecule has 0 aliphatic carbocycles. The summed E-state index contributed by atoms with van der Waals surface area (Å²) < 4.78 is 5.17. The molecule has 2 aromatic carbocycles. The lowest BCUT2D eigenvalue weighted by atomic mass is 10.1. The summed E-state index contributed by atoms with van der Waals surface area (Å²) in [5.74, 6) is 0.883. The number of anilines is 1. The first-order valence-electron chi connectivity index (χ1n) is 7.68. The van der Waals surface area contributed by atoms with Crippen molar-refractivity contribution in [2.24, 2.45) is 0 Å². The number of rotatable bonds is 6. The van der Waals surface area contributed by atoms with Crippen LogP contribution in [0.4, 0.5) is 5.69 Å². The van der Waals surface area contributed by atoms with E-state index >= 15 is 0 Å². The van der Waals surface area contributed by atoms with Crippen molar-refractivity contribution < 1.29 is 4.74 Å². The third kappa shape index (κ3) is 4.33. The Balaban J connectivity index is 1.56. The Kier molecular flexibility index (Phi) is 4.89. The zero-order chi connectivity index (χ0) is 15.9. The summed E-state index contributed by atoms with van der Waals surface area (Å²) in [5.41, 5.74) is 4.86. The van der Waals surface area contributed by atoms with E-state index < -0.39 is 0 Å². The second-order valence-electron chi connectivity index (χ2n) is 5.44. The molecule has 1 N–H and O–H groups in total. The van der Waals surface area contributed by atoms with Crippen molar-refractivity contribution in [1.29, 1.82) is 0 Å². The maximum atomic E-state index is 5.17. The van der Waals surface area contributed by atoms with Gasteiger partial charge in [-0.1, -0.05) is 30.3 Å². The normalized spacial score (nSPS) is 10.3. The molecule has 0 radical (unpaired) electrons. The average molecular weight is 304 g/mol. The van der Waals surface area contributed by atoms with Crippen LogP contribution < -0.4 is 10.1 Å². The number of methoxy groups -OCH3 is 1. The van der Waals surface area contributed by atoms with Gasteiger partial charge in [-0.25, -0.2) is 0 Å². The van der Waals surface area contributed by atoms with Crippen molar-refractivity contribution >= 4 is 5.69 Å². The Hall–Kier alpha value is -2.81. The van der Waals surface area contributed by atoms with Crippen LogP contribution >= 0.6 is 0 Å². The molecule has 0 atom stereocenters. The summed E-state index contributed by atoms with van der Waals surface area (Å²) in [6.45, 7) is 0.798. The van der Waals surface area contributed by atoms with Gasteiger partial charge in [-0.15, -0.1) is 0 Å². The van der Waals surface area contributed by atoms with E-state index in [9.17, 15) is 0 Å². The molecular formula is C20H20N2O. The number of pyridine rings is 1. The predicted molar refractivity (Wildman–Crippen MR) is 93.8 cm³/mol. The van der Waals surface area contributed by atoms with E-state index in [4.69, 9.17) is 4.74 Å². The molecule has 1 aromatic heterocycles. The molecule has 0 spiro atoms. The minimum absolute atomic E-state index is 0.798. The summed E-state index contributed by atoms with van der Waals surface area (Å²) in [6.07, 6.45) is 4.62. The van der Waals surface area contributed by atoms with E-state index in [1.165, 1.54) is 16.7 Å². The van der Waals surface area contributed by atoms with Crippen LogP contribution in [0.1, 0.15) is 16.7 Å². The minimum Gasteiger partial charge on any atom is -0.497 e. The van der Waals surface area contributed by atoms with Gasteiger partial charge in [-0.05, 0) is 53.4 Å². The van der Waals surface area contributed by atoms with Gasteiger partial charge in [0.2, 0.25) is 0 Å². The van der Waals surface area contributed by atoms with Crippen LogP contribution in [-0.2, 0) is 13.0 Å². The fourth-order valence-corrected chi connectivity index (χ4v) is 2.43. The summed E-state index contributed by atoms with van der Waals surface area (Å²) in [4.78, 5) is 4.15. The Bertz CT molecular complexity index is 722. The fourth-order valence-electron chi connectivity index (χ4n) is 2.43.